The molecule has 2 N–H and O–H groups in total. The molecular formula is C12H15BrN4O. The highest BCUT2D eigenvalue weighted by atomic mass is 79.9. The molecule has 1 aromatic carbocycles. The summed E-state index contributed by atoms with van der Waals surface area (Å²) in [6.45, 7) is 0.882. The Morgan fingerprint density at radius 2 is 2.17 bits per heavy atom. The van der Waals surface area contributed by atoms with Crippen LogP contribution < -0.4 is 5.73 Å². The van der Waals surface area contributed by atoms with Crippen LogP contribution in [-0.4, -0.2) is 35.7 Å². The number of nitrogens with two attached hydrogens (primary N) is 1. The topological polar surface area (TPSA) is 68.2 Å². The number of rotatable bonds is 4. The molecule has 96 valence electrons. The van der Waals surface area contributed by atoms with Crippen LogP contribution in [0.2, 0.25) is 0 Å². The molecule has 0 radical (unpaired) electrons. The molecule has 2 aromatic rings. The Kier molecular flexibility index (Phi) is 3.98. The monoisotopic (exact) mass is 310 g/mol. The summed E-state index contributed by atoms with van der Waals surface area (Å²) in [5.41, 5.74) is 7.33. The smallest absolute Gasteiger partial charge is 0.260 e. The van der Waals surface area contributed by atoms with Gasteiger partial charge in [0.15, 0.2) is 5.82 Å². The molecule has 6 heteroatoms. The van der Waals surface area contributed by atoms with Crippen LogP contribution in [0, 0.1) is 0 Å². The van der Waals surface area contributed by atoms with E-state index < -0.39 is 0 Å². The van der Waals surface area contributed by atoms with Gasteiger partial charge < -0.3 is 15.2 Å². The van der Waals surface area contributed by atoms with Crippen molar-refractivity contribution in [3.8, 4) is 11.5 Å². The van der Waals surface area contributed by atoms with Crippen molar-refractivity contribution in [3.05, 3.63) is 28.5 Å². The number of hydrogen-bond acceptors (Lipinski definition) is 5. The molecule has 0 aliphatic rings. The lowest BCUT2D eigenvalue weighted by Crippen LogP contribution is -2.15. The molecular weight excluding hydrogens is 296 g/mol. The highest BCUT2D eigenvalue weighted by Gasteiger charge is 2.13. The van der Waals surface area contributed by atoms with E-state index in [0.717, 1.165) is 23.0 Å². The molecule has 0 unspecified atom stereocenters. The number of benzene rings is 1. The number of likely N-dealkylation sites (N-methyl/N-ethyl adjacent to an activating group) is 1. The predicted octanol–water partition coefficient (Wildman–Crippen LogP) is 2.19. The Labute approximate surface area is 114 Å². The summed E-state index contributed by atoms with van der Waals surface area (Å²) in [6.07, 6.45) is 0.754. The second-order valence-electron chi connectivity index (χ2n) is 4.27. The third-order valence-electron chi connectivity index (χ3n) is 2.53. The van der Waals surface area contributed by atoms with Crippen LogP contribution in [0.5, 0.6) is 0 Å². The van der Waals surface area contributed by atoms with Gasteiger partial charge in [-0.05, 0) is 42.2 Å². The van der Waals surface area contributed by atoms with Gasteiger partial charge in [-0.2, -0.15) is 4.98 Å². The molecule has 0 aliphatic carbocycles. The van der Waals surface area contributed by atoms with Gasteiger partial charge in [0, 0.05) is 17.4 Å². The van der Waals surface area contributed by atoms with Gasteiger partial charge in [0.1, 0.15) is 0 Å². The minimum absolute atomic E-state index is 0.461. The maximum absolute atomic E-state index is 5.96. The van der Waals surface area contributed by atoms with Crippen molar-refractivity contribution in [3.63, 3.8) is 0 Å². The lowest BCUT2D eigenvalue weighted by Gasteiger charge is -2.05. The van der Waals surface area contributed by atoms with Gasteiger partial charge in [0.2, 0.25) is 0 Å². The van der Waals surface area contributed by atoms with E-state index in [1.54, 1.807) is 0 Å². The summed E-state index contributed by atoms with van der Waals surface area (Å²) >= 11 is 3.38. The summed E-state index contributed by atoms with van der Waals surface area (Å²) in [7, 11) is 4.01. The Balaban J connectivity index is 2.21. The van der Waals surface area contributed by atoms with Gasteiger partial charge >= 0.3 is 0 Å². The molecule has 0 amide bonds. The third kappa shape index (κ3) is 2.88. The van der Waals surface area contributed by atoms with Gasteiger partial charge in [-0.3, -0.25) is 0 Å². The first-order valence-electron chi connectivity index (χ1n) is 5.59. The Morgan fingerprint density at radius 3 is 2.89 bits per heavy atom. The van der Waals surface area contributed by atoms with E-state index in [4.69, 9.17) is 10.3 Å². The minimum atomic E-state index is 0.461. The Morgan fingerprint density at radius 1 is 1.39 bits per heavy atom. The fraction of sp³-hybridized carbons (Fsp3) is 0.333. The molecule has 0 aliphatic heterocycles. The first-order valence-corrected chi connectivity index (χ1v) is 6.39. The molecule has 18 heavy (non-hydrogen) atoms. The maximum atomic E-state index is 5.96. The molecule has 0 saturated carbocycles. The van der Waals surface area contributed by atoms with Gasteiger partial charge in [0.25, 0.3) is 5.89 Å². The number of para-hydroxylation sites is 1. The molecule has 0 spiro atoms. The number of anilines is 1. The lowest BCUT2D eigenvalue weighted by atomic mass is 10.2. The molecule has 5 nitrogen and oxygen atoms in total. The van der Waals surface area contributed by atoms with Crippen LogP contribution in [0.4, 0.5) is 5.69 Å². The first-order chi connectivity index (χ1) is 8.58. The Hall–Kier alpha value is -1.40. The fourth-order valence-corrected chi connectivity index (χ4v) is 1.88. The van der Waals surface area contributed by atoms with E-state index in [1.807, 2.05) is 32.3 Å². The van der Waals surface area contributed by atoms with Crippen LogP contribution in [0.15, 0.2) is 27.2 Å². The van der Waals surface area contributed by atoms with Gasteiger partial charge in [-0.15, -0.1) is 0 Å². The number of halogens is 1. The second kappa shape index (κ2) is 5.49. The highest BCUT2D eigenvalue weighted by Crippen LogP contribution is 2.30. The maximum Gasteiger partial charge on any atom is 0.260 e. The molecule has 1 heterocycles. The minimum Gasteiger partial charge on any atom is -0.397 e. The summed E-state index contributed by atoms with van der Waals surface area (Å²) in [5, 5.41) is 3.95. The zero-order valence-electron chi connectivity index (χ0n) is 10.4. The van der Waals surface area contributed by atoms with Crippen LogP contribution in [-0.2, 0) is 6.42 Å². The molecule has 1 aromatic heterocycles. The van der Waals surface area contributed by atoms with E-state index >= 15 is 0 Å². The van der Waals surface area contributed by atoms with E-state index in [2.05, 4.69) is 31.0 Å². The molecule has 0 saturated heterocycles. The van der Waals surface area contributed by atoms with Crippen LogP contribution in [0.25, 0.3) is 11.5 Å². The van der Waals surface area contributed by atoms with E-state index in [-0.39, 0.29) is 0 Å². The average Bonchev–Trinajstić information content (AvgIpc) is 2.78. The van der Waals surface area contributed by atoms with Crippen molar-refractivity contribution in [1.29, 1.82) is 0 Å². The molecule has 0 atom stereocenters. The lowest BCUT2D eigenvalue weighted by molar-refractivity contribution is 0.392. The largest absolute Gasteiger partial charge is 0.397 e. The van der Waals surface area contributed by atoms with Gasteiger partial charge in [-0.1, -0.05) is 11.2 Å². The van der Waals surface area contributed by atoms with Crippen molar-refractivity contribution in [2.75, 3.05) is 26.4 Å². The first kappa shape index (κ1) is 13.0. The quantitative estimate of drug-likeness (QED) is 0.877. The number of aromatic nitrogens is 2. The summed E-state index contributed by atoms with van der Waals surface area (Å²) in [6, 6.07) is 5.63. The van der Waals surface area contributed by atoms with Crippen molar-refractivity contribution < 1.29 is 4.52 Å². The van der Waals surface area contributed by atoms with Crippen LogP contribution >= 0.6 is 15.9 Å². The zero-order valence-corrected chi connectivity index (χ0v) is 11.9. The normalized spacial score (nSPS) is 11.1. The zero-order chi connectivity index (χ0) is 13.1. The summed E-state index contributed by atoms with van der Waals surface area (Å²) < 4.78 is 6.07. The second-order valence-corrected chi connectivity index (χ2v) is 5.12. The third-order valence-corrected chi connectivity index (χ3v) is 3.23. The van der Waals surface area contributed by atoms with Crippen molar-refractivity contribution in [2.45, 2.75) is 6.42 Å². The van der Waals surface area contributed by atoms with Crippen molar-refractivity contribution >= 4 is 21.6 Å². The fourth-order valence-electron chi connectivity index (χ4n) is 1.51. The van der Waals surface area contributed by atoms with E-state index in [1.165, 1.54) is 0 Å². The number of hydrogen-bond donors (Lipinski definition) is 1. The number of nitrogen functional groups attached to an aromatic ring is 1. The van der Waals surface area contributed by atoms with E-state index in [9.17, 15) is 0 Å². The standard InChI is InChI=1S/C12H15BrN4O/c1-17(2)7-6-10-15-12(18-16-10)8-4-3-5-9(13)11(8)14/h3-5H,6-7,14H2,1-2H3. The Bertz CT molecular complexity index is 539. The summed E-state index contributed by atoms with van der Waals surface area (Å²) in [4.78, 5) is 6.42. The van der Waals surface area contributed by atoms with Crippen LogP contribution in [0.1, 0.15) is 5.82 Å². The van der Waals surface area contributed by atoms with Crippen LogP contribution in [0.3, 0.4) is 0 Å². The summed E-state index contributed by atoms with van der Waals surface area (Å²) in [5.74, 6) is 1.15. The molecule has 2 rings (SSSR count). The number of nitrogens with zero attached hydrogens (tertiary/aromatic N) is 3. The van der Waals surface area contributed by atoms with Gasteiger partial charge in [-0.25, -0.2) is 0 Å². The molecule has 0 fully saturated rings. The highest BCUT2D eigenvalue weighted by molar-refractivity contribution is 9.10. The van der Waals surface area contributed by atoms with Crippen molar-refractivity contribution in [2.24, 2.45) is 0 Å². The predicted molar refractivity (Wildman–Crippen MR) is 74.1 cm³/mol. The van der Waals surface area contributed by atoms with Crippen molar-refractivity contribution in [1.82, 2.24) is 15.0 Å². The van der Waals surface area contributed by atoms with E-state index in [0.29, 0.717) is 17.4 Å². The molecule has 0 bridgehead atoms. The SMILES string of the molecule is CN(C)CCc1noc(-c2cccc(Br)c2N)n1. The average molecular weight is 311 g/mol. The van der Waals surface area contributed by atoms with Gasteiger partial charge in [0.05, 0.1) is 11.3 Å².